The van der Waals surface area contributed by atoms with Gasteiger partial charge in [-0.15, -0.1) is 0 Å². The summed E-state index contributed by atoms with van der Waals surface area (Å²) in [6, 6.07) is 6.81. The van der Waals surface area contributed by atoms with Crippen LogP contribution in [0.2, 0.25) is 0 Å². The zero-order valence-electron chi connectivity index (χ0n) is 12.5. The van der Waals surface area contributed by atoms with Crippen molar-refractivity contribution in [3.8, 4) is 0 Å². The first kappa shape index (κ1) is 15.2. The molecule has 0 aromatic heterocycles. The van der Waals surface area contributed by atoms with Crippen molar-refractivity contribution in [1.82, 2.24) is 5.32 Å². The third kappa shape index (κ3) is 4.43. The molecule has 0 aliphatic carbocycles. The van der Waals surface area contributed by atoms with Crippen LogP contribution >= 0.6 is 0 Å². The Hall–Kier alpha value is -0.860. The molecule has 0 fully saturated rings. The second-order valence-electron chi connectivity index (χ2n) is 5.68. The monoisotopic (exact) mass is 249 g/mol. The van der Waals surface area contributed by atoms with Crippen molar-refractivity contribution >= 4 is 0 Å². The third-order valence-corrected chi connectivity index (χ3v) is 3.70. The first-order valence-corrected chi connectivity index (χ1v) is 6.75. The Morgan fingerprint density at radius 3 is 2.44 bits per heavy atom. The van der Waals surface area contributed by atoms with Gasteiger partial charge in [-0.05, 0) is 48.9 Å². The van der Waals surface area contributed by atoms with Crippen molar-refractivity contribution in [2.24, 2.45) is 0 Å². The summed E-state index contributed by atoms with van der Waals surface area (Å²) < 4.78 is 5.03. The van der Waals surface area contributed by atoms with E-state index >= 15 is 0 Å². The molecule has 2 nitrogen and oxygen atoms in total. The molecule has 1 aromatic carbocycles. The van der Waals surface area contributed by atoms with Crippen LogP contribution in [0.15, 0.2) is 18.2 Å². The van der Waals surface area contributed by atoms with E-state index in [2.05, 4.69) is 51.2 Å². The van der Waals surface area contributed by atoms with Gasteiger partial charge < -0.3 is 10.1 Å². The first-order valence-electron chi connectivity index (χ1n) is 6.75. The number of benzene rings is 1. The number of ether oxygens (including phenoxy) is 1. The average Bonchev–Trinajstić information content (AvgIpc) is 2.32. The predicted octanol–water partition coefficient (Wildman–Crippen LogP) is 3.21. The van der Waals surface area contributed by atoms with Crippen molar-refractivity contribution in [2.45, 2.75) is 39.5 Å². The van der Waals surface area contributed by atoms with Crippen molar-refractivity contribution in [1.29, 1.82) is 0 Å². The normalized spacial score (nSPS) is 11.8. The molecule has 18 heavy (non-hydrogen) atoms. The maximum Gasteiger partial charge on any atom is 0.0587 e. The lowest BCUT2D eigenvalue weighted by Gasteiger charge is -2.26. The van der Waals surface area contributed by atoms with Crippen LogP contribution < -0.4 is 5.32 Å². The molecular weight excluding hydrogens is 222 g/mol. The van der Waals surface area contributed by atoms with Gasteiger partial charge in [-0.3, -0.25) is 0 Å². The molecule has 1 N–H and O–H groups in total. The summed E-state index contributed by atoms with van der Waals surface area (Å²) in [7, 11) is 1.74. The molecule has 0 atom stereocenters. The molecule has 2 heteroatoms. The van der Waals surface area contributed by atoms with Gasteiger partial charge in [0.2, 0.25) is 0 Å². The van der Waals surface area contributed by atoms with Gasteiger partial charge in [0, 0.05) is 13.7 Å². The minimum absolute atomic E-state index is 0.221. The molecule has 102 valence electrons. The van der Waals surface area contributed by atoms with E-state index in [9.17, 15) is 0 Å². The number of hydrogen-bond donors (Lipinski definition) is 1. The summed E-state index contributed by atoms with van der Waals surface area (Å²) in [5, 5.41) is 3.41. The number of aryl methyl sites for hydroxylation is 2. The van der Waals surface area contributed by atoms with E-state index in [-0.39, 0.29) is 5.41 Å². The molecule has 0 saturated carbocycles. The fourth-order valence-corrected chi connectivity index (χ4v) is 2.01. The zero-order valence-corrected chi connectivity index (χ0v) is 12.5. The number of nitrogens with one attached hydrogen (secondary N) is 1. The van der Waals surface area contributed by atoms with Crippen LogP contribution in [0, 0.1) is 13.8 Å². The highest BCUT2D eigenvalue weighted by Gasteiger charge is 2.20. The SMILES string of the molecule is COCCNCCC(C)(C)c1ccc(C)c(C)c1. The van der Waals surface area contributed by atoms with Crippen LogP contribution in [0.25, 0.3) is 0 Å². The van der Waals surface area contributed by atoms with E-state index < -0.39 is 0 Å². The van der Waals surface area contributed by atoms with Gasteiger partial charge in [-0.2, -0.15) is 0 Å². The first-order chi connectivity index (χ1) is 8.47. The number of methoxy groups -OCH3 is 1. The van der Waals surface area contributed by atoms with Gasteiger partial charge >= 0.3 is 0 Å². The van der Waals surface area contributed by atoms with Crippen LogP contribution in [0.5, 0.6) is 0 Å². The molecule has 0 bridgehead atoms. The van der Waals surface area contributed by atoms with E-state index in [1.165, 1.54) is 16.7 Å². The molecule has 0 radical (unpaired) electrons. The molecular formula is C16H27NO. The standard InChI is InChI=1S/C16H27NO/c1-13-6-7-15(12-14(13)2)16(3,4)8-9-17-10-11-18-5/h6-7,12,17H,8-11H2,1-5H3. The summed E-state index contributed by atoms with van der Waals surface area (Å²) in [4.78, 5) is 0. The third-order valence-electron chi connectivity index (χ3n) is 3.70. The average molecular weight is 249 g/mol. The summed E-state index contributed by atoms with van der Waals surface area (Å²) in [6.07, 6.45) is 1.14. The van der Waals surface area contributed by atoms with Crippen molar-refractivity contribution in [2.75, 3.05) is 26.8 Å². The quantitative estimate of drug-likeness (QED) is 0.749. The van der Waals surface area contributed by atoms with Crippen molar-refractivity contribution < 1.29 is 4.74 Å². The lowest BCUT2D eigenvalue weighted by Crippen LogP contribution is -2.27. The molecule has 0 heterocycles. The molecule has 0 aliphatic heterocycles. The highest BCUT2D eigenvalue weighted by Crippen LogP contribution is 2.28. The van der Waals surface area contributed by atoms with Crippen LogP contribution in [-0.4, -0.2) is 26.8 Å². The van der Waals surface area contributed by atoms with Crippen LogP contribution in [0.4, 0.5) is 0 Å². The maximum absolute atomic E-state index is 5.03. The second kappa shape index (κ2) is 6.91. The molecule has 0 saturated heterocycles. The minimum atomic E-state index is 0.221. The fraction of sp³-hybridized carbons (Fsp3) is 0.625. The number of rotatable bonds is 7. The lowest BCUT2D eigenvalue weighted by atomic mass is 9.80. The largest absolute Gasteiger partial charge is 0.383 e. The van der Waals surface area contributed by atoms with E-state index in [0.717, 1.165) is 26.1 Å². The maximum atomic E-state index is 5.03. The summed E-state index contributed by atoms with van der Waals surface area (Å²) in [5.41, 5.74) is 4.40. The van der Waals surface area contributed by atoms with Crippen molar-refractivity contribution in [3.63, 3.8) is 0 Å². The Kier molecular flexibility index (Phi) is 5.83. The van der Waals surface area contributed by atoms with E-state index in [0.29, 0.717) is 0 Å². The summed E-state index contributed by atoms with van der Waals surface area (Å²) in [5.74, 6) is 0. The molecule has 0 amide bonds. The van der Waals surface area contributed by atoms with Gasteiger partial charge in [0.15, 0.2) is 0 Å². The van der Waals surface area contributed by atoms with Gasteiger partial charge in [0.05, 0.1) is 6.61 Å². The predicted molar refractivity (Wildman–Crippen MR) is 78.3 cm³/mol. The molecule has 0 aliphatic rings. The van der Waals surface area contributed by atoms with Crippen LogP contribution in [0.1, 0.15) is 37.0 Å². The smallest absolute Gasteiger partial charge is 0.0587 e. The molecule has 0 spiro atoms. The fourth-order valence-electron chi connectivity index (χ4n) is 2.01. The Morgan fingerprint density at radius 2 is 1.83 bits per heavy atom. The van der Waals surface area contributed by atoms with E-state index in [1.54, 1.807) is 7.11 Å². The van der Waals surface area contributed by atoms with Crippen molar-refractivity contribution in [3.05, 3.63) is 34.9 Å². The second-order valence-corrected chi connectivity index (χ2v) is 5.68. The van der Waals surface area contributed by atoms with Crippen LogP contribution in [0.3, 0.4) is 0 Å². The Morgan fingerprint density at radius 1 is 1.11 bits per heavy atom. The Bertz CT molecular complexity index is 371. The Labute approximate surface area is 112 Å². The van der Waals surface area contributed by atoms with Gasteiger partial charge in [-0.1, -0.05) is 32.0 Å². The number of hydrogen-bond acceptors (Lipinski definition) is 2. The van der Waals surface area contributed by atoms with Crippen LogP contribution in [-0.2, 0) is 10.2 Å². The Balaban J connectivity index is 2.54. The van der Waals surface area contributed by atoms with E-state index in [1.807, 2.05) is 0 Å². The van der Waals surface area contributed by atoms with Gasteiger partial charge in [0.1, 0.15) is 0 Å². The zero-order chi connectivity index (χ0) is 13.6. The minimum Gasteiger partial charge on any atom is -0.383 e. The molecule has 0 unspecified atom stereocenters. The molecule has 1 rings (SSSR count). The van der Waals surface area contributed by atoms with E-state index in [4.69, 9.17) is 4.74 Å². The molecule has 1 aromatic rings. The van der Waals surface area contributed by atoms with Gasteiger partial charge in [-0.25, -0.2) is 0 Å². The summed E-state index contributed by atoms with van der Waals surface area (Å²) in [6.45, 7) is 11.7. The lowest BCUT2D eigenvalue weighted by molar-refractivity contribution is 0.198. The highest BCUT2D eigenvalue weighted by atomic mass is 16.5. The van der Waals surface area contributed by atoms with Gasteiger partial charge in [0.25, 0.3) is 0 Å². The highest BCUT2D eigenvalue weighted by molar-refractivity contribution is 5.33. The summed E-state index contributed by atoms with van der Waals surface area (Å²) >= 11 is 0. The topological polar surface area (TPSA) is 21.3 Å².